The van der Waals surface area contributed by atoms with Gasteiger partial charge in [0, 0.05) is 38.8 Å². The molecule has 2 unspecified atom stereocenters. The van der Waals surface area contributed by atoms with Gasteiger partial charge < -0.3 is 14.2 Å². The zero-order chi connectivity index (χ0) is 30.4. The molecule has 0 amide bonds. The summed E-state index contributed by atoms with van der Waals surface area (Å²) in [6.07, 6.45) is 8.20. The third kappa shape index (κ3) is 6.42. The number of likely N-dealkylation sites (tertiary alicyclic amines) is 1. The van der Waals surface area contributed by atoms with Crippen LogP contribution in [0.1, 0.15) is 56.0 Å². The molecule has 1 aliphatic carbocycles. The fourth-order valence-corrected chi connectivity index (χ4v) is 7.36. The molecule has 8 nitrogen and oxygen atoms in total. The Morgan fingerprint density at radius 2 is 1.70 bits per heavy atom. The van der Waals surface area contributed by atoms with Crippen molar-refractivity contribution in [3.63, 3.8) is 0 Å². The molecule has 1 aromatic heterocycles. The molecular formula is C36H45N7O. The van der Waals surface area contributed by atoms with Crippen LogP contribution in [0, 0.1) is 6.92 Å². The predicted molar refractivity (Wildman–Crippen MR) is 179 cm³/mol. The highest BCUT2D eigenvalue weighted by atomic mass is 16.5. The monoisotopic (exact) mass is 591 g/mol. The molecule has 0 bridgehead atoms. The molecule has 1 aliphatic heterocycles. The van der Waals surface area contributed by atoms with Gasteiger partial charge in [-0.2, -0.15) is 4.99 Å². The van der Waals surface area contributed by atoms with Crippen LogP contribution in [0.4, 0.5) is 0 Å². The zero-order valence-corrected chi connectivity index (χ0v) is 26.3. The first-order chi connectivity index (χ1) is 21.6. The lowest BCUT2D eigenvalue weighted by Gasteiger charge is -2.44. The average molecular weight is 592 g/mol. The van der Waals surface area contributed by atoms with E-state index in [2.05, 4.69) is 98.5 Å². The molecule has 1 N–H and O–H groups in total. The van der Waals surface area contributed by atoms with Crippen molar-refractivity contribution in [2.45, 2.75) is 62.9 Å². The molecule has 3 aromatic carbocycles. The Bertz CT molecular complexity index is 1560. The fraction of sp³-hybridized carbons (Fsp3) is 0.417. The molecular weight excluding hydrogens is 546 g/mol. The van der Waals surface area contributed by atoms with Crippen molar-refractivity contribution in [2.75, 3.05) is 33.7 Å². The van der Waals surface area contributed by atoms with Crippen molar-refractivity contribution >= 4 is 23.4 Å². The number of aliphatic imine (C=N–C) groups is 2. The van der Waals surface area contributed by atoms with E-state index < -0.39 is 0 Å². The Morgan fingerprint density at radius 1 is 1.00 bits per heavy atom. The Balaban J connectivity index is 1.15. The number of hydrazine groups is 1. The average Bonchev–Trinajstić information content (AvgIpc) is 3.68. The summed E-state index contributed by atoms with van der Waals surface area (Å²) in [6, 6.07) is 31.1. The third-order valence-corrected chi connectivity index (χ3v) is 9.69. The second kappa shape index (κ2) is 13.7. The van der Waals surface area contributed by atoms with E-state index in [1.165, 1.54) is 23.9 Å². The maximum atomic E-state index is 6.25. The van der Waals surface area contributed by atoms with E-state index in [1.807, 2.05) is 30.3 Å². The molecule has 230 valence electrons. The van der Waals surface area contributed by atoms with E-state index in [0.717, 1.165) is 62.4 Å². The highest BCUT2D eigenvalue weighted by molar-refractivity contribution is 5.84. The van der Waals surface area contributed by atoms with E-state index in [1.54, 1.807) is 13.4 Å². The number of amidine groups is 1. The molecule has 4 aromatic rings. The van der Waals surface area contributed by atoms with Crippen molar-refractivity contribution < 1.29 is 4.74 Å². The highest BCUT2D eigenvalue weighted by Crippen LogP contribution is 2.41. The van der Waals surface area contributed by atoms with Crippen molar-refractivity contribution in [3.05, 3.63) is 96.3 Å². The number of imidazole rings is 1. The van der Waals surface area contributed by atoms with E-state index in [4.69, 9.17) is 9.72 Å². The maximum absolute atomic E-state index is 6.25. The van der Waals surface area contributed by atoms with Crippen molar-refractivity contribution in [2.24, 2.45) is 9.98 Å². The van der Waals surface area contributed by atoms with Gasteiger partial charge >= 0.3 is 0 Å². The first kappa shape index (κ1) is 30.0. The van der Waals surface area contributed by atoms with Crippen LogP contribution in [0.5, 0.6) is 5.75 Å². The molecule has 0 spiro atoms. The quantitative estimate of drug-likeness (QED) is 0.139. The number of nitrogens with zero attached hydrogens (tertiary/aromatic N) is 6. The summed E-state index contributed by atoms with van der Waals surface area (Å²) in [5, 5.41) is 2.51. The Morgan fingerprint density at radius 3 is 2.43 bits per heavy atom. The number of aryl methyl sites for hydroxylation is 1. The van der Waals surface area contributed by atoms with Gasteiger partial charge in [0.2, 0.25) is 0 Å². The topological polar surface area (TPSA) is 70.3 Å². The number of ether oxygens (including phenoxy) is 1. The van der Waals surface area contributed by atoms with Gasteiger partial charge in [0.05, 0.1) is 11.0 Å². The van der Waals surface area contributed by atoms with E-state index in [-0.39, 0.29) is 5.41 Å². The smallest absolute Gasteiger partial charge is 0.299 e. The van der Waals surface area contributed by atoms with E-state index >= 15 is 0 Å². The molecule has 2 fully saturated rings. The largest absolute Gasteiger partial charge is 0.426 e. The molecule has 1 saturated heterocycles. The highest BCUT2D eigenvalue weighted by Gasteiger charge is 2.39. The predicted octanol–water partition coefficient (Wildman–Crippen LogP) is 6.39. The van der Waals surface area contributed by atoms with Gasteiger partial charge in [-0.15, -0.1) is 0 Å². The van der Waals surface area contributed by atoms with Gasteiger partial charge in [-0.05, 0) is 87.7 Å². The van der Waals surface area contributed by atoms with Crippen LogP contribution < -0.4 is 10.2 Å². The van der Waals surface area contributed by atoms with Crippen LogP contribution in [0.2, 0.25) is 0 Å². The minimum absolute atomic E-state index is 0.0821. The number of hydrogen-bond donors (Lipinski definition) is 1. The first-order valence-electron chi connectivity index (χ1n) is 16.0. The van der Waals surface area contributed by atoms with Crippen LogP contribution in [0.3, 0.4) is 0 Å². The summed E-state index contributed by atoms with van der Waals surface area (Å²) >= 11 is 0. The lowest BCUT2D eigenvalue weighted by molar-refractivity contribution is 0.107. The summed E-state index contributed by atoms with van der Waals surface area (Å²) in [5.74, 6) is 1.90. The third-order valence-electron chi connectivity index (χ3n) is 9.69. The second-order valence-electron chi connectivity index (χ2n) is 12.1. The maximum Gasteiger partial charge on any atom is 0.299 e. The molecule has 1 saturated carbocycles. The number of piperidine rings is 1. The summed E-state index contributed by atoms with van der Waals surface area (Å²) in [4.78, 5) is 15.8. The van der Waals surface area contributed by atoms with Crippen molar-refractivity contribution in [1.29, 1.82) is 0 Å². The lowest BCUT2D eigenvalue weighted by atomic mass is 9.70. The van der Waals surface area contributed by atoms with Gasteiger partial charge in [-0.25, -0.2) is 9.99 Å². The van der Waals surface area contributed by atoms with E-state index in [9.17, 15) is 0 Å². The summed E-state index contributed by atoms with van der Waals surface area (Å²) in [7, 11) is 3.82. The van der Waals surface area contributed by atoms with Gasteiger partial charge in [0.1, 0.15) is 17.9 Å². The van der Waals surface area contributed by atoms with Gasteiger partial charge in [0.25, 0.3) is 6.02 Å². The van der Waals surface area contributed by atoms with Crippen LogP contribution in [-0.4, -0.2) is 71.6 Å². The van der Waals surface area contributed by atoms with Crippen molar-refractivity contribution in [1.82, 2.24) is 24.9 Å². The van der Waals surface area contributed by atoms with Gasteiger partial charge in [0.15, 0.2) is 0 Å². The summed E-state index contributed by atoms with van der Waals surface area (Å²) < 4.78 is 8.73. The number of aromatic nitrogens is 2. The van der Waals surface area contributed by atoms with Crippen LogP contribution in [-0.2, 0) is 5.41 Å². The lowest BCUT2D eigenvalue weighted by Crippen LogP contribution is -2.50. The zero-order valence-electron chi connectivity index (χ0n) is 26.3. The second-order valence-corrected chi connectivity index (χ2v) is 12.1. The molecule has 2 heterocycles. The molecule has 6 rings (SSSR count). The van der Waals surface area contributed by atoms with Crippen LogP contribution in [0.25, 0.3) is 11.0 Å². The number of nitrogens with one attached hydrogen (secondary N) is 1. The van der Waals surface area contributed by atoms with Gasteiger partial charge in [-0.1, -0.05) is 60.7 Å². The molecule has 0 radical (unpaired) electrons. The number of fused-ring (bicyclic) bond motifs is 1. The SMILES string of the molecule is CN=CN=C(Oc1ccccc1)N1CCC(CCN(NC)C2CCC(n3c(C)nc4ccccc43)C2)(c2ccccc2)CC1. The Kier molecular flexibility index (Phi) is 9.38. The Labute approximate surface area is 261 Å². The van der Waals surface area contributed by atoms with Crippen molar-refractivity contribution in [3.8, 4) is 5.75 Å². The van der Waals surface area contributed by atoms with E-state index in [0.29, 0.717) is 18.1 Å². The molecule has 44 heavy (non-hydrogen) atoms. The molecule has 8 heteroatoms. The minimum atomic E-state index is 0.0821. The summed E-state index contributed by atoms with van der Waals surface area (Å²) in [5.41, 5.74) is 7.45. The van der Waals surface area contributed by atoms with Gasteiger partial charge in [-0.3, -0.25) is 10.4 Å². The van der Waals surface area contributed by atoms with Crippen LogP contribution >= 0.6 is 0 Å². The minimum Gasteiger partial charge on any atom is -0.426 e. The fourth-order valence-electron chi connectivity index (χ4n) is 7.36. The number of hydrogen-bond acceptors (Lipinski definition) is 5. The first-order valence-corrected chi connectivity index (χ1v) is 16.0. The summed E-state index contributed by atoms with van der Waals surface area (Å²) in [6.45, 7) is 4.89. The number of benzene rings is 3. The molecule has 2 aliphatic rings. The Hall–Kier alpha value is -4.01. The number of rotatable bonds is 9. The normalized spacial score (nSPS) is 20.6. The molecule has 2 atom stereocenters. The number of para-hydroxylation sites is 3. The standard InChI is InChI=1S/C36H45N7O/c1-28-40-33-16-10-11-17-34(33)43(28)31-19-18-30(26-31)42(38-3)25-22-36(29-12-6-4-7-13-29)20-23-41(24-21-36)35(39-27-37-2)44-32-14-8-5-9-15-32/h4-17,27,30-31,38H,18-26H2,1-3H3. The van der Waals surface area contributed by atoms with Crippen LogP contribution in [0.15, 0.2) is 94.9 Å².